The van der Waals surface area contributed by atoms with Crippen LogP contribution in [0.3, 0.4) is 0 Å². The van der Waals surface area contributed by atoms with E-state index in [-0.39, 0.29) is 26.1 Å². The van der Waals surface area contributed by atoms with E-state index in [1.165, 1.54) is 0 Å². The molecule has 0 amide bonds. The van der Waals surface area contributed by atoms with Gasteiger partial charge in [0.2, 0.25) is 0 Å². The number of alkyl halides is 3. The lowest BCUT2D eigenvalue weighted by molar-refractivity contribution is -0.138. The Morgan fingerprint density at radius 1 is 1.21 bits per heavy atom. The average Bonchev–Trinajstić information content (AvgIpc) is 2.28. The zero-order valence-corrected chi connectivity index (χ0v) is 10.2. The Morgan fingerprint density at radius 3 is 2.42 bits per heavy atom. The van der Waals surface area contributed by atoms with E-state index in [1.807, 2.05) is 0 Å². The summed E-state index contributed by atoms with van der Waals surface area (Å²) in [5.74, 6) is -0.954. The molecule has 0 saturated carbocycles. The van der Waals surface area contributed by atoms with Crippen LogP contribution in [0.4, 0.5) is 13.2 Å². The lowest BCUT2D eigenvalue weighted by Crippen LogP contribution is -2.09. The first kappa shape index (κ1) is 15.5. The molecule has 0 aromatic heterocycles. The van der Waals surface area contributed by atoms with Crippen LogP contribution in [0.15, 0.2) is 24.3 Å². The number of hydrogen-bond acceptors (Lipinski definition) is 2. The topological polar surface area (TPSA) is 46.5 Å². The van der Waals surface area contributed by atoms with Crippen LogP contribution >= 0.6 is 0 Å². The van der Waals surface area contributed by atoms with Gasteiger partial charge in [-0.15, -0.1) is 0 Å². The van der Waals surface area contributed by atoms with Gasteiger partial charge in [-0.05, 0) is 17.5 Å². The second-order valence-electron chi connectivity index (χ2n) is 4.11. The molecule has 6 heteroatoms. The van der Waals surface area contributed by atoms with E-state index in [2.05, 4.69) is 0 Å². The van der Waals surface area contributed by atoms with Crippen molar-refractivity contribution < 1.29 is 27.8 Å². The minimum Gasteiger partial charge on any atom is -0.481 e. The normalized spacial score (nSPS) is 11.5. The molecule has 0 atom stereocenters. The van der Waals surface area contributed by atoms with Gasteiger partial charge in [-0.25, -0.2) is 0 Å². The van der Waals surface area contributed by atoms with Gasteiger partial charge in [-0.1, -0.05) is 24.3 Å². The van der Waals surface area contributed by atoms with Crippen LogP contribution in [0.1, 0.15) is 24.0 Å². The van der Waals surface area contributed by atoms with Crippen molar-refractivity contribution in [2.45, 2.75) is 32.0 Å². The van der Waals surface area contributed by atoms with E-state index < -0.39 is 18.6 Å². The predicted molar refractivity (Wildman–Crippen MR) is 62.7 cm³/mol. The Morgan fingerprint density at radius 2 is 1.84 bits per heavy atom. The SMILES string of the molecule is O=C(O)Cc1ccccc1COCCCC(F)(F)F. The highest BCUT2D eigenvalue weighted by atomic mass is 19.4. The standard InChI is InChI=1S/C13H15F3O3/c14-13(15,16)6-3-7-19-9-11-5-2-1-4-10(11)8-12(17)18/h1-2,4-5H,3,6-9H2,(H,17,18). The molecule has 0 fully saturated rings. The number of hydrogen-bond donors (Lipinski definition) is 1. The van der Waals surface area contributed by atoms with Gasteiger partial charge in [0.25, 0.3) is 0 Å². The molecule has 0 spiro atoms. The Bertz CT molecular complexity index is 416. The fraction of sp³-hybridized carbons (Fsp3) is 0.462. The van der Waals surface area contributed by atoms with Gasteiger partial charge in [0.1, 0.15) is 0 Å². The van der Waals surface area contributed by atoms with Crippen LogP contribution in [0.2, 0.25) is 0 Å². The Hall–Kier alpha value is -1.56. The first-order valence-electron chi connectivity index (χ1n) is 5.81. The Balaban J connectivity index is 2.38. The van der Waals surface area contributed by atoms with E-state index in [4.69, 9.17) is 9.84 Å². The molecule has 0 radical (unpaired) electrons. The zero-order valence-electron chi connectivity index (χ0n) is 10.2. The van der Waals surface area contributed by atoms with Crippen molar-refractivity contribution >= 4 is 5.97 Å². The predicted octanol–water partition coefficient (Wildman–Crippen LogP) is 3.17. The Labute approximate surface area is 109 Å². The molecular formula is C13H15F3O3. The quantitative estimate of drug-likeness (QED) is 0.778. The van der Waals surface area contributed by atoms with Crippen LogP contribution in [-0.2, 0) is 22.6 Å². The molecule has 3 nitrogen and oxygen atoms in total. The highest BCUT2D eigenvalue weighted by Crippen LogP contribution is 2.21. The molecule has 0 aliphatic carbocycles. The summed E-state index contributed by atoms with van der Waals surface area (Å²) >= 11 is 0. The minimum absolute atomic E-state index is 0.000908. The van der Waals surface area contributed by atoms with Crippen LogP contribution in [-0.4, -0.2) is 23.9 Å². The molecule has 0 saturated heterocycles. The molecule has 19 heavy (non-hydrogen) atoms. The fourth-order valence-corrected chi connectivity index (χ4v) is 1.59. The van der Waals surface area contributed by atoms with Crippen molar-refractivity contribution in [2.75, 3.05) is 6.61 Å². The third-order valence-electron chi connectivity index (χ3n) is 2.47. The molecule has 0 heterocycles. The molecule has 0 bridgehead atoms. The van der Waals surface area contributed by atoms with Gasteiger partial charge in [0.15, 0.2) is 0 Å². The van der Waals surface area contributed by atoms with E-state index >= 15 is 0 Å². The molecule has 106 valence electrons. The summed E-state index contributed by atoms with van der Waals surface area (Å²) in [5, 5.41) is 8.72. The average molecular weight is 276 g/mol. The second-order valence-corrected chi connectivity index (χ2v) is 4.11. The van der Waals surface area contributed by atoms with Crippen LogP contribution in [0, 0.1) is 0 Å². The van der Waals surface area contributed by atoms with Crippen LogP contribution in [0.5, 0.6) is 0 Å². The Kier molecular flexibility index (Phi) is 5.82. The van der Waals surface area contributed by atoms with E-state index in [0.29, 0.717) is 11.1 Å². The molecule has 1 rings (SSSR count). The highest BCUT2D eigenvalue weighted by Gasteiger charge is 2.25. The summed E-state index contributed by atoms with van der Waals surface area (Å²) in [6.45, 7) is 0.127. The monoisotopic (exact) mass is 276 g/mol. The number of carbonyl (C=O) groups is 1. The third kappa shape index (κ3) is 6.81. The lowest BCUT2D eigenvalue weighted by Gasteiger charge is -2.09. The van der Waals surface area contributed by atoms with Crippen molar-refractivity contribution in [3.05, 3.63) is 35.4 Å². The van der Waals surface area contributed by atoms with Crippen molar-refractivity contribution in [3.63, 3.8) is 0 Å². The van der Waals surface area contributed by atoms with E-state index in [0.717, 1.165) is 0 Å². The number of halogens is 3. The van der Waals surface area contributed by atoms with Crippen LogP contribution in [0.25, 0.3) is 0 Å². The van der Waals surface area contributed by atoms with E-state index in [9.17, 15) is 18.0 Å². The highest BCUT2D eigenvalue weighted by molar-refractivity contribution is 5.70. The molecule has 1 aromatic rings. The van der Waals surface area contributed by atoms with Crippen molar-refractivity contribution in [1.82, 2.24) is 0 Å². The molecule has 0 aliphatic rings. The summed E-state index contributed by atoms with van der Waals surface area (Å²) in [7, 11) is 0. The molecule has 0 aliphatic heterocycles. The summed E-state index contributed by atoms with van der Waals surface area (Å²) in [4.78, 5) is 10.6. The van der Waals surface area contributed by atoms with Gasteiger partial charge in [0, 0.05) is 13.0 Å². The van der Waals surface area contributed by atoms with Gasteiger partial charge in [0.05, 0.1) is 13.0 Å². The lowest BCUT2D eigenvalue weighted by atomic mass is 10.1. The van der Waals surface area contributed by atoms with Crippen molar-refractivity contribution in [1.29, 1.82) is 0 Å². The molecule has 0 unspecified atom stereocenters. The van der Waals surface area contributed by atoms with Crippen molar-refractivity contribution in [2.24, 2.45) is 0 Å². The number of carboxylic acid groups (broad SMARTS) is 1. The number of aliphatic carboxylic acids is 1. The zero-order chi connectivity index (χ0) is 14.3. The summed E-state index contributed by atoms with van der Waals surface area (Å²) in [6.07, 6.45) is -5.25. The van der Waals surface area contributed by atoms with Gasteiger partial charge in [-0.2, -0.15) is 13.2 Å². The van der Waals surface area contributed by atoms with Crippen LogP contribution < -0.4 is 0 Å². The third-order valence-corrected chi connectivity index (χ3v) is 2.47. The minimum atomic E-state index is -4.16. The largest absolute Gasteiger partial charge is 0.481 e. The molecule has 1 N–H and O–H groups in total. The maximum absolute atomic E-state index is 11.9. The first-order valence-corrected chi connectivity index (χ1v) is 5.81. The smallest absolute Gasteiger partial charge is 0.389 e. The number of benzene rings is 1. The maximum atomic E-state index is 11.9. The van der Waals surface area contributed by atoms with Gasteiger partial charge in [-0.3, -0.25) is 4.79 Å². The molecule has 1 aromatic carbocycles. The maximum Gasteiger partial charge on any atom is 0.389 e. The number of ether oxygens (including phenoxy) is 1. The van der Waals surface area contributed by atoms with Crippen molar-refractivity contribution in [3.8, 4) is 0 Å². The molecular weight excluding hydrogens is 261 g/mol. The number of carboxylic acids is 1. The number of rotatable bonds is 7. The summed E-state index contributed by atoms with van der Waals surface area (Å²) < 4.78 is 40.8. The second kappa shape index (κ2) is 7.13. The van der Waals surface area contributed by atoms with Gasteiger partial charge < -0.3 is 9.84 Å². The van der Waals surface area contributed by atoms with E-state index in [1.54, 1.807) is 24.3 Å². The van der Waals surface area contributed by atoms with Gasteiger partial charge >= 0.3 is 12.1 Å². The first-order chi connectivity index (χ1) is 8.88. The fourth-order valence-electron chi connectivity index (χ4n) is 1.59. The summed E-state index contributed by atoms with van der Waals surface area (Å²) in [5.41, 5.74) is 1.31. The summed E-state index contributed by atoms with van der Waals surface area (Å²) in [6, 6.07) is 6.83.